The van der Waals surface area contributed by atoms with Crippen molar-refractivity contribution in [2.45, 2.75) is 32.7 Å². The van der Waals surface area contributed by atoms with E-state index in [0.717, 1.165) is 10.8 Å². The van der Waals surface area contributed by atoms with E-state index in [4.69, 9.17) is 16.3 Å². The normalized spacial score (nSPS) is 12.8. The van der Waals surface area contributed by atoms with Gasteiger partial charge in [0.1, 0.15) is 12.4 Å². The number of hydrogen-bond acceptors (Lipinski definition) is 2. The molecule has 0 spiro atoms. The summed E-state index contributed by atoms with van der Waals surface area (Å²) in [6.45, 7) is 5.14. The molecule has 1 rings (SSSR count). The largest absolute Gasteiger partial charge is 0.492 e. The lowest BCUT2D eigenvalue weighted by Crippen LogP contribution is -2.38. The third-order valence-electron chi connectivity index (χ3n) is 3.23. The maximum atomic E-state index is 5.83. The van der Waals surface area contributed by atoms with E-state index in [1.54, 1.807) is 0 Å². The average molecular weight is 256 g/mol. The maximum absolute atomic E-state index is 5.83. The van der Waals surface area contributed by atoms with Gasteiger partial charge < -0.3 is 10.1 Å². The Kier molecular flexibility index (Phi) is 6.38. The first-order valence-corrected chi connectivity index (χ1v) is 6.64. The lowest BCUT2D eigenvalue weighted by Gasteiger charge is -2.24. The van der Waals surface area contributed by atoms with Crippen molar-refractivity contribution in [3.63, 3.8) is 0 Å². The number of likely N-dealkylation sites (N-methyl/N-ethyl adjacent to an activating group) is 1. The first-order chi connectivity index (χ1) is 8.21. The predicted molar refractivity (Wildman–Crippen MR) is 73.9 cm³/mol. The predicted octanol–water partition coefficient (Wildman–Crippen LogP) is 3.74. The van der Waals surface area contributed by atoms with Crippen LogP contribution in [0.15, 0.2) is 24.3 Å². The van der Waals surface area contributed by atoms with E-state index in [9.17, 15) is 0 Å². The van der Waals surface area contributed by atoms with Crippen LogP contribution in [-0.2, 0) is 0 Å². The lowest BCUT2D eigenvalue weighted by molar-refractivity contribution is 0.216. The van der Waals surface area contributed by atoms with Crippen molar-refractivity contribution >= 4 is 11.6 Å². The number of halogens is 1. The molecule has 0 bridgehead atoms. The Labute approximate surface area is 109 Å². The van der Waals surface area contributed by atoms with E-state index in [-0.39, 0.29) is 0 Å². The Bertz CT molecular complexity index is 309. The topological polar surface area (TPSA) is 21.3 Å². The molecule has 1 atom stereocenters. The molecule has 0 aliphatic carbocycles. The number of rotatable bonds is 7. The van der Waals surface area contributed by atoms with Gasteiger partial charge in [0.05, 0.1) is 0 Å². The molecule has 0 aromatic heterocycles. The molecule has 17 heavy (non-hydrogen) atoms. The highest BCUT2D eigenvalue weighted by Crippen LogP contribution is 2.18. The molecule has 1 unspecified atom stereocenters. The van der Waals surface area contributed by atoms with Gasteiger partial charge in [0.25, 0.3) is 0 Å². The highest BCUT2D eigenvalue weighted by atomic mass is 35.5. The zero-order chi connectivity index (χ0) is 12.7. The molecule has 0 fully saturated rings. The van der Waals surface area contributed by atoms with Crippen LogP contribution in [-0.4, -0.2) is 19.7 Å². The monoisotopic (exact) mass is 255 g/mol. The standard InChI is InChI=1S/C14H22ClNO/c1-4-11(5-2)14(16-3)10-17-13-8-6-12(15)7-9-13/h6-9,11,14,16H,4-5,10H2,1-3H3. The van der Waals surface area contributed by atoms with Crippen LogP contribution in [0, 0.1) is 5.92 Å². The van der Waals surface area contributed by atoms with E-state index < -0.39 is 0 Å². The molecule has 2 nitrogen and oxygen atoms in total. The van der Waals surface area contributed by atoms with Crippen LogP contribution >= 0.6 is 11.6 Å². The van der Waals surface area contributed by atoms with Crippen LogP contribution < -0.4 is 10.1 Å². The van der Waals surface area contributed by atoms with Crippen molar-refractivity contribution < 1.29 is 4.74 Å². The molecule has 0 saturated heterocycles. The molecule has 0 aliphatic rings. The quantitative estimate of drug-likeness (QED) is 0.801. The summed E-state index contributed by atoms with van der Waals surface area (Å²) in [5, 5.41) is 4.07. The summed E-state index contributed by atoms with van der Waals surface area (Å²) in [7, 11) is 1.99. The van der Waals surface area contributed by atoms with Gasteiger partial charge in [0, 0.05) is 11.1 Å². The molecule has 3 heteroatoms. The molecular formula is C14H22ClNO. The minimum absolute atomic E-state index is 0.403. The molecule has 1 aromatic carbocycles. The van der Waals surface area contributed by atoms with Gasteiger partial charge in [-0.3, -0.25) is 0 Å². The van der Waals surface area contributed by atoms with Gasteiger partial charge >= 0.3 is 0 Å². The van der Waals surface area contributed by atoms with Gasteiger partial charge in [-0.1, -0.05) is 38.3 Å². The highest BCUT2D eigenvalue weighted by molar-refractivity contribution is 6.30. The molecule has 0 saturated carbocycles. The molecule has 1 aromatic rings. The minimum Gasteiger partial charge on any atom is -0.492 e. The molecule has 0 radical (unpaired) electrons. The zero-order valence-corrected chi connectivity index (χ0v) is 11.6. The molecular weight excluding hydrogens is 234 g/mol. The van der Waals surface area contributed by atoms with Crippen LogP contribution in [0.1, 0.15) is 26.7 Å². The van der Waals surface area contributed by atoms with Gasteiger partial charge in [-0.15, -0.1) is 0 Å². The fraction of sp³-hybridized carbons (Fsp3) is 0.571. The zero-order valence-electron chi connectivity index (χ0n) is 10.9. The summed E-state index contributed by atoms with van der Waals surface area (Å²) >= 11 is 5.83. The summed E-state index contributed by atoms with van der Waals surface area (Å²) in [5.74, 6) is 1.54. The summed E-state index contributed by atoms with van der Waals surface area (Å²) in [4.78, 5) is 0. The lowest BCUT2D eigenvalue weighted by atomic mass is 9.95. The van der Waals surface area contributed by atoms with Crippen molar-refractivity contribution in [2.24, 2.45) is 5.92 Å². The Morgan fingerprint density at radius 2 is 1.76 bits per heavy atom. The highest BCUT2D eigenvalue weighted by Gasteiger charge is 2.17. The first-order valence-electron chi connectivity index (χ1n) is 6.26. The molecule has 0 aliphatic heterocycles. The second-order valence-electron chi connectivity index (χ2n) is 4.24. The summed E-state index contributed by atoms with van der Waals surface area (Å²) in [5.41, 5.74) is 0. The van der Waals surface area contributed by atoms with Crippen LogP contribution in [0.2, 0.25) is 5.02 Å². The van der Waals surface area contributed by atoms with Crippen molar-refractivity contribution in [2.75, 3.05) is 13.7 Å². The third-order valence-corrected chi connectivity index (χ3v) is 3.48. The van der Waals surface area contributed by atoms with E-state index >= 15 is 0 Å². The van der Waals surface area contributed by atoms with Gasteiger partial charge in [-0.05, 0) is 37.2 Å². The number of benzene rings is 1. The van der Waals surface area contributed by atoms with E-state index in [1.807, 2.05) is 31.3 Å². The van der Waals surface area contributed by atoms with Gasteiger partial charge in [0.15, 0.2) is 0 Å². The number of ether oxygens (including phenoxy) is 1. The second kappa shape index (κ2) is 7.57. The number of hydrogen-bond donors (Lipinski definition) is 1. The van der Waals surface area contributed by atoms with Crippen molar-refractivity contribution in [1.29, 1.82) is 0 Å². The Morgan fingerprint density at radius 1 is 1.18 bits per heavy atom. The summed E-state index contributed by atoms with van der Waals surface area (Å²) < 4.78 is 5.78. The fourth-order valence-electron chi connectivity index (χ4n) is 2.03. The Balaban J connectivity index is 2.49. The smallest absolute Gasteiger partial charge is 0.119 e. The fourth-order valence-corrected chi connectivity index (χ4v) is 2.16. The molecule has 96 valence electrons. The maximum Gasteiger partial charge on any atom is 0.119 e. The van der Waals surface area contributed by atoms with Crippen molar-refractivity contribution in [1.82, 2.24) is 5.32 Å². The SMILES string of the molecule is CCC(CC)C(COc1ccc(Cl)cc1)NC. The van der Waals surface area contributed by atoms with E-state index in [2.05, 4.69) is 19.2 Å². The van der Waals surface area contributed by atoms with Gasteiger partial charge in [0.2, 0.25) is 0 Å². The summed E-state index contributed by atoms with van der Waals surface area (Å²) in [6, 6.07) is 7.91. The third kappa shape index (κ3) is 4.57. The first kappa shape index (κ1) is 14.3. The van der Waals surface area contributed by atoms with Crippen LogP contribution in [0.5, 0.6) is 5.75 Å². The number of nitrogens with one attached hydrogen (secondary N) is 1. The molecule has 0 amide bonds. The van der Waals surface area contributed by atoms with E-state index in [1.165, 1.54) is 12.8 Å². The van der Waals surface area contributed by atoms with Crippen LogP contribution in [0.25, 0.3) is 0 Å². The van der Waals surface area contributed by atoms with Crippen LogP contribution in [0.3, 0.4) is 0 Å². The molecule has 1 N–H and O–H groups in total. The molecule has 0 heterocycles. The van der Waals surface area contributed by atoms with Gasteiger partial charge in [-0.25, -0.2) is 0 Å². The minimum atomic E-state index is 0.403. The van der Waals surface area contributed by atoms with Crippen LogP contribution in [0.4, 0.5) is 0 Å². The van der Waals surface area contributed by atoms with Crippen molar-refractivity contribution in [3.8, 4) is 5.75 Å². The summed E-state index contributed by atoms with van der Waals surface area (Å²) in [6.07, 6.45) is 2.35. The van der Waals surface area contributed by atoms with E-state index in [0.29, 0.717) is 18.6 Å². The average Bonchev–Trinajstić information content (AvgIpc) is 2.36. The van der Waals surface area contributed by atoms with Gasteiger partial charge in [-0.2, -0.15) is 0 Å². The Morgan fingerprint density at radius 3 is 2.24 bits per heavy atom. The van der Waals surface area contributed by atoms with Crippen molar-refractivity contribution in [3.05, 3.63) is 29.3 Å². The second-order valence-corrected chi connectivity index (χ2v) is 4.67. The Hall–Kier alpha value is -0.730.